The first-order valence-corrected chi connectivity index (χ1v) is 8.02. The fourth-order valence-corrected chi connectivity index (χ4v) is 3.64. The molecule has 1 saturated carbocycles. The quantitative estimate of drug-likeness (QED) is 0.854. The van der Waals surface area contributed by atoms with Crippen LogP contribution in [-0.2, 0) is 0 Å². The number of nitrogens with one attached hydrogen (secondary N) is 1. The molecule has 0 unspecified atom stereocenters. The maximum atomic E-state index is 12.7. The van der Waals surface area contributed by atoms with E-state index in [1.54, 1.807) is 0 Å². The van der Waals surface area contributed by atoms with Crippen molar-refractivity contribution < 1.29 is 13.2 Å². The summed E-state index contributed by atoms with van der Waals surface area (Å²) < 4.78 is 38.0. The van der Waals surface area contributed by atoms with Crippen LogP contribution in [0, 0.1) is 11.8 Å². The molecule has 2 nitrogen and oxygen atoms in total. The molecule has 2 fully saturated rings. The van der Waals surface area contributed by atoms with Gasteiger partial charge in [-0.05, 0) is 70.6 Å². The van der Waals surface area contributed by atoms with Crippen molar-refractivity contribution in [2.75, 3.05) is 26.2 Å². The lowest BCUT2D eigenvalue weighted by Crippen LogP contribution is -2.45. The topological polar surface area (TPSA) is 15.3 Å². The van der Waals surface area contributed by atoms with E-state index in [-0.39, 0.29) is 0 Å². The molecule has 0 aromatic rings. The number of likely N-dealkylation sites (tertiary alicyclic amines) is 1. The third kappa shape index (κ3) is 4.35. The van der Waals surface area contributed by atoms with Crippen molar-refractivity contribution in [1.82, 2.24) is 10.2 Å². The van der Waals surface area contributed by atoms with Gasteiger partial charge in [-0.1, -0.05) is 6.92 Å². The van der Waals surface area contributed by atoms with Crippen LogP contribution in [-0.4, -0.2) is 43.3 Å². The third-order valence-electron chi connectivity index (χ3n) is 5.01. The van der Waals surface area contributed by atoms with Crippen molar-refractivity contribution in [3.8, 4) is 0 Å². The molecular formula is C15H27F3N2. The number of hydrogen-bond acceptors (Lipinski definition) is 2. The van der Waals surface area contributed by atoms with Crippen molar-refractivity contribution >= 4 is 0 Å². The molecule has 0 spiro atoms. The summed E-state index contributed by atoms with van der Waals surface area (Å²) in [5, 5.41) is 3.39. The van der Waals surface area contributed by atoms with Gasteiger partial charge in [-0.25, -0.2) is 0 Å². The number of hydrogen-bond donors (Lipinski definition) is 1. The molecule has 1 N–H and O–H groups in total. The Morgan fingerprint density at radius 3 is 2.10 bits per heavy atom. The second-order valence-electron chi connectivity index (χ2n) is 6.33. The Labute approximate surface area is 120 Å². The van der Waals surface area contributed by atoms with Crippen molar-refractivity contribution in [3.05, 3.63) is 0 Å². The summed E-state index contributed by atoms with van der Waals surface area (Å²) in [4.78, 5) is 2.44. The molecule has 0 amide bonds. The van der Waals surface area contributed by atoms with Gasteiger partial charge in [0.1, 0.15) is 0 Å². The molecule has 0 aromatic heterocycles. The van der Waals surface area contributed by atoms with Crippen LogP contribution in [0.15, 0.2) is 0 Å². The van der Waals surface area contributed by atoms with Gasteiger partial charge >= 0.3 is 6.18 Å². The fraction of sp³-hybridized carbons (Fsp3) is 1.00. The number of piperidine rings is 1. The van der Waals surface area contributed by atoms with Crippen LogP contribution in [0.2, 0.25) is 0 Å². The number of rotatable bonds is 4. The number of alkyl halides is 3. The van der Waals surface area contributed by atoms with E-state index in [1.807, 2.05) is 0 Å². The SMILES string of the molecule is CCNCC1CCN(C2CCC(C(F)(F)F)CC2)CC1. The van der Waals surface area contributed by atoms with E-state index in [0.29, 0.717) is 18.9 Å². The summed E-state index contributed by atoms with van der Waals surface area (Å²) in [5.74, 6) is -0.303. The van der Waals surface area contributed by atoms with Crippen molar-refractivity contribution in [1.29, 1.82) is 0 Å². The Hall–Kier alpha value is -0.290. The van der Waals surface area contributed by atoms with Crippen LogP contribution >= 0.6 is 0 Å². The van der Waals surface area contributed by atoms with Crippen molar-refractivity contribution in [2.24, 2.45) is 11.8 Å². The Kier molecular flexibility index (Phi) is 5.73. The van der Waals surface area contributed by atoms with E-state index in [0.717, 1.165) is 44.9 Å². The van der Waals surface area contributed by atoms with Crippen molar-refractivity contribution in [2.45, 2.75) is 57.7 Å². The van der Waals surface area contributed by atoms with Gasteiger partial charge < -0.3 is 10.2 Å². The zero-order chi connectivity index (χ0) is 14.6. The Morgan fingerprint density at radius 1 is 1.00 bits per heavy atom. The van der Waals surface area contributed by atoms with E-state index in [2.05, 4.69) is 17.1 Å². The molecule has 2 rings (SSSR count). The normalized spacial score (nSPS) is 30.6. The van der Waals surface area contributed by atoms with E-state index < -0.39 is 12.1 Å². The van der Waals surface area contributed by atoms with Crippen molar-refractivity contribution in [3.63, 3.8) is 0 Å². The smallest absolute Gasteiger partial charge is 0.317 e. The first kappa shape index (κ1) is 16.1. The average Bonchev–Trinajstić information content (AvgIpc) is 2.45. The van der Waals surface area contributed by atoms with Crippen LogP contribution in [0.25, 0.3) is 0 Å². The van der Waals surface area contributed by atoms with E-state index in [4.69, 9.17) is 0 Å². The standard InChI is InChI=1S/C15H27F3N2/c1-2-19-11-12-7-9-20(10-8-12)14-5-3-13(4-6-14)15(16,17)18/h12-14,19H,2-11H2,1H3. The number of nitrogens with zero attached hydrogens (tertiary/aromatic N) is 1. The summed E-state index contributed by atoms with van der Waals surface area (Å²) in [5.41, 5.74) is 0. The van der Waals surface area contributed by atoms with Crippen LogP contribution < -0.4 is 5.32 Å². The lowest BCUT2D eigenvalue weighted by Gasteiger charge is -2.41. The summed E-state index contributed by atoms with van der Waals surface area (Å²) >= 11 is 0. The molecule has 1 heterocycles. The minimum Gasteiger partial charge on any atom is -0.317 e. The largest absolute Gasteiger partial charge is 0.391 e. The lowest BCUT2D eigenvalue weighted by atomic mass is 9.83. The zero-order valence-electron chi connectivity index (χ0n) is 12.4. The van der Waals surface area contributed by atoms with Crippen LogP contribution in [0.3, 0.4) is 0 Å². The highest BCUT2D eigenvalue weighted by molar-refractivity contribution is 4.85. The maximum absolute atomic E-state index is 12.7. The third-order valence-corrected chi connectivity index (χ3v) is 5.01. The second kappa shape index (κ2) is 7.12. The molecule has 2 aliphatic rings. The molecule has 20 heavy (non-hydrogen) atoms. The maximum Gasteiger partial charge on any atom is 0.391 e. The van der Waals surface area contributed by atoms with E-state index >= 15 is 0 Å². The highest BCUT2D eigenvalue weighted by Gasteiger charge is 2.42. The first-order chi connectivity index (χ1) is 9.50. The molecule has 1 saturated heterocycles. The minimum atomic E-state index is -3.98. The van der Waals surface area contributed by atoms with Gasteiger partial charge in [0, 0.05) is 6.04 Å². The number of halogens is 3. The van der Waals surface area contributed by atoms with Gasteiger partial charge in [-0.3, -0.25) is 0 Å². The molecule has 0 bridgehead atoms. The van der Waals surface area contributed by atoms with Crippen LogP contribution in [0.4, 0.5) is 13.2 Å². The monoisotopic (exact) mass is 292 g/mol. The summed E-state index contributed by atoms with van der Waals surface area (Å²) in [6.45, 7) is 6.36. The average molecular weight is 292 g/mol. The summed E-state index contributed by atoms with van der Waals surface area (Å²) in [7, 11) is 0. The molecule has 118 valence electrons. The Morgan fingerprint density at radius 2 is 1.60 bits per heavy atom. The van der Waals surface area contributed by atoms with Crippen LogP contribution in [0.1, 0.15) is 45.4 Å². The summed E-state index contributed by atoms with van der Waals surface area (Å²) in [6, 6.07) is 0.397. The molecule has 1 aliphatic carbocycles. The van der Waals surface area contributed by atoms with E-state index in [9.17, 15) is 13.2 Å². The highest BCUT2D eigenvalue weighted by atomic mass is 19.4. The molecule has 0 aromatic carbocycles. The lowest BCUT2D eigenvalue weighted by molar-refractivity contribution is -0.184. The van der Waals surface area contributed by atoms with Gasteiger partial charge in [0.05, 0.1) is 5.92 Å². The summed E-state index contributed by atoms with van der Waals surface area (Å²) in [6.07, 6.45) is 0.489. The molecule has 0 atom stereocenters. The van der Waals surface area contributed by atoms with Gasteiger partial charge in [0.25, 0.3) is 0 Å². The van der Waals surface area contributed by atoms with Gasteiger partial charge in [0.2, 0.25) is 0 Å². The van der Waals surface area contributed by atoms with E-state index in [1.165, 1.54) is 12.8 Å². The van der Waals surface area contributed by atoms with Gasteiger partial charge in [-0.2, -0.15) is 13.2 Å². The van der Waals surface area contributed by atoms with Gasteiger partial charge in [-0.15, -0.1) is 0 Å². The Bertz CT molecular complexity index is 277. The first-order valence-electron chi connectivity index (χ1n) is 8.02. The Balaban J connectivity index is 1.70. The van der Waals surface area contributed by atoms with Gasteiger partial charge in [0.15, 0.2) is 0 Å². The van der Waals surface area contributed by atoms with Crippen LogP contribution in [0.5, 0.6) is 0 Å². The molecule has 0 radical (unpaired) electrons. The molecular weight excluding hydrogens is 265 g/mol. The molecule has 5 heteroatoms. The molecule has 1 aliphatic heterocycles. The fourth-order valence-electron chi connectivity index (χ4n) is 3.64. The highest BCUT2D eigenvalue weighted by Crippen LogP contribution is 2.39. The predicted octanol–water partition coefficient (Wildman–Crippen LogP) is 3.43. The predicted molar refractivity (Wildman–Crippen MR) is 74.6 cm³/mol. The minimum absolute atomic E-state index is 0.325. The zero-order valence-corrected chi connectivity index (χ0v) is 12.4. The second-order valence-corrected chi connectivity index (χ2v) is 6.33.